The maximum absolute atomic E-state index is 12.1. The van der Waals surface area contributed by atoms with E-state index in [0.717, 1.165) is 0 Å². The molecule has 0 bridgehead atoms. The minimum atomic E-state index is -0.584. The lowest BCUT2D eigenvalue weighted by atomic mass is 10.1. The first-order valence-electron chi connectivity index (χ1n) is 5.15. The number of aromatic nitrogens is 2. The average molecular weight is 245 g/mol. The van der Waals surface area contributed by atoms with Crippen LogP contribution in [0.25, 0.3) is 0 Å². The van der Waals surface area contributed by atoms with Crippen LogP contribution in [0, 0.1) is 0 Å². The number of H-pyrrole nitrogens is 1. The standard InChI is InChI=1S/C12H11N3O3/c1-18-8-4-2-7(3-5-8)10(16)9-6-14-12(17)15-11(9)13/h2-6H,1H3,(H3,13,14,15,17). The number of methoxy groups -OCH3 is 1. The van der Waals surface area contributed by atoms with Gasteiger partial charge in [-0.2, -0.15) is 0 Å². The molecular weight excluding hydrogens is 234 g/mol. The van der Waals surface area contributed by atoms with Crippen LogP contribution in [0.1, 0.15) is 15.9 Å². The molecule has 2 aromatic rings. The Kier molecular flexibility index (Phi) is 3.09. The lowest BCUT2D eigenvalue weighted by Gasteiger charge is -2.04. The van der Waals surface area contributed by atoms with Gasteiger partial charge in [0.1, 0.15) is 11.6 Å². The number of rotatable bonds is 3. The van der Waals surface area contributed by atoms with Gasteiger partial charge in [-0.05, 0) is 24.3 Å². The summed E-state index contributed by atoms with van der Waals surface area (Å²) in [6, 6.07) is 6.57. The minimum absolute atomic E-state index is 0.0100. The predicted octanol–water partition coefficient (Wildman–Crippen LogP) is 0.592. The third-order valence-electron chi connectivity index (χ3n) is 2.44. The van der Waals surface area contributed by atoms with Crippen LogP contribution in [0.2, 0.25) is 0 Å². The number of ketones is 1. The summed E-state index contributed by atoms with van der Waals surface area (Å²) in [5, 5.41) is 0. The molecule has 0 fully saturated rings. The number of nitrogens with one attached hydrogen (secondary N) is 1. The Morgan fingerprint density at radius 3 is 2.56 bits per heavy atom. The van der Waals surface area contributed by atoms with Gasteiger partial charge in [0.2, 0.25) is 0 Å². The first-order chi connectivity index (χ1) is 8.61. The molecule has 1 heterocycles. The van der Waals surface area contributed by atoms with Crippen LogP contribution in [0.4, 0.5) is 5.82 Å². The van der Waals surface area contributed by atoms with E-state index in [9.17, 15) is 9.59 Å². The van der Waals surface area contributed by atoms with E-state index in [4.69, 9.17) is 10.5 Å². The largest absolute Gasteiger partial charge is 0.497 e. The molecule has 18 heavy (non-hydrogen) atoms. The Morgan fingerprint density at radius 1 is 1.33 bits per heavy atom. The van der Waals surface area contributed by atoms with Crippen molar-refractivity contribution in [2.24, 2.45) is 0 Å². The number of carbonyl (C=O) groups excluding carboxylic acids is 1. The lowest BCUT2D eigenvalue weighted by Crippen LogP contribution is -2.17. The van der Waals surface area contributed by atoms with Crippen molar-refractivity contribution < 1.29 is 9.53 Å². The van der Waals surface area contributed by atoms with Crippen molar-refractivity contribution in [2.45, 2.75) is 0 Å². The highest BCUT2D eigenvalue weighted by atomic mass is 16.5. The van der Waals surface area contributed by atoms with E-state index < -0.39 is 5.69 Å². The van der Waals surface area contributed by atoms with Gasteiger partial charge in [0.25, 0.3) is 0 Å². The van der Waals surface area contributed by atoms with Crippen LogP contribution in [0.15, 0.2) is 35.3 Å². The second-order valence-corrected chi connectivity index (χ2v) is 3.57. The fourth-order valence-corrected chi connectivity index (χ4v) is 1.49. The smallest absolute Gasteiger partial charge is 0.346 e. The van der Waals surface area contributed by atoms with Gasteiger partial charge in [-0.15, -0.1) is 0 Å². The maximum Gasteiger partial charge on any atom is 0.346 e. The molecule has 0 saturated heterocycles. The highest BCUT2D eigenvalue weighted by Crippen LogP contribution is 2.16. The van der Waals surface area contributed by atoms with Gasteiger partial charge in [0.05, 0.1) is 12.7 Å². The van der Waals surface area contributed by atoms with Crippen molar-refractivity contribution in [3.63, 3.8) is 0 Å². The third-order valence-corrected chi connectivity index (χ3v) is 2.44. The highest BCUT2D eigenvalue weighted by Gasteiger charge is 2.13. The Hall–Kier alpha value is -2.63. The van der Waals surface area contributed by atoms with Crippen molar-refractivity contribution in [2.75, 3.05) is 12.8 Å². The molecule has 0 aliphatic heterocycles. The van der Waals surface area contributed by atoms with Crippen LogP contribution in [0.5, 0.6) is 5.75 Å². The SMILES string of the molecule is COc1ccc(C(=O)c2cnc(=O)[nH]c2N)cc1. The summed E-state index contributed by atoms with van der Waals surface area (Å²) in [6.45, 7) is 0. The summed E-state index contributed by atoms with van der Waals surface area (Å²) in [5.74, 6) is 0.355. The van der Waals surface area contributed by atoms with Gasteiger partial charge in [0, 0.05) is 11.8 Å². The molecular formula is C12H11N3O3. The van der Waals surface area contributed by atoms with Gasteiger partial charge >= 0.3 is 5.69 Å². The van der Waals surface area contributed by atoms with Crippen molar-refractivity contribution in [1.82, 2.24) is 9.97 Å². The second-order valence-electron chi connectivity index (χ2n) is 3.57. The summed E-state index contributed by atoms with van der Waals surface area (Å²) in [5.41, 5.74) is 5.60. The molecule has 0 aliphatic carbocycles. The van der Waals surface area contributed by atoms with E-state index >= 15 is 0 Å². The van der Waals surface area contributed by atoms with Gasteiger partial charge in [-0.25, -0.2) is 9.78 Å². The quantitative estimate of drug-likeness (QED) is 0.771. The second kappa shape index (κ2) is 4.70. The van der Waals surface area contributed by atoms with Gasteiger partial charge in [0.15, 0.2) is 5.78 Å². The summed E-state index contributed by atoms with van der Waals surface area (Å²) >= 11 is 0. The third kappa shape index (κ3) is 2.22. The highest BCUT2D eigenvalue weighted by molar-refractivity contribution is 6.11. The van der Waals surface area contributed by atoms with Gasteiger partial charge < -0.3 is 10.5 Å². The van der Waals surface area contributed by atoms with E-state index in [1.165, 1.54) is 6.20 Å². The van der Waals surface area contributed by atoms with Crippen LogP contribution in [-0.4, -0.2) is 22.9 Å². The Balaban J connectivity index is 2.38. The molecule has 3 N–H and O–H groups in total. The monoisotopic (exact) mass is 245 g/mol. The summed E-state index contributed by atoms with van der Waals surface area (Å²) < 4.78 is 5.00. The van der Waals surface area contributed by atoms with Gasteiger partial charge in [-0.1, -0.05) is 0 Å². The number of anilines is 1. The Morgan fingerprint density at radius 2 is 2.00 bits per heavy atom. The summed E-state index contributed by atoms with van der Waals surface area (Å²) in [7, 11) is 1.54. The maximum atomic E-state index is 12.1. The predicted molar refractivity (Wildman–Crippen MR) is 65.7 cm³/mol. The topological polar surface area (TPSA) is 98.1 Å². The number of ether oxygens (including phenoxy) is 1. The molecule has 0 saturated carbocycles. The zero-order valence-electron chi connectivity index (χ0n) is 9.64. The van der Waals surface area contributed by atoms with Crippen molar-refractivity contribution in [1.29, 1.82) is 0 Å². The van der Waals surface area contributed by atoms with E-state index in [0.29, 0.717) is 11.3 Å². The zero-order valence-corrected chi connectivity index (χ0v) is 9.64. The Labute approximate surface area is 102 Å². The van der Waals surface area contributed by atoms with Crippen molar-refractivity contribution in [3.05, 3.63) is 52.1 Å². The lowest BCUT2D eigenvalue weighted by molar-refractivity contribution is 0.103. The van der Waals surface area contributed by atoms with Crippen LogP contribution in [0.3, 0.4) is 0 Å². The molecule has 0 atom stereocenters. The van der Waals surface area contributed by atoms with E-state index in [2.05, 4.69) is 9.97 Å². The number of nitrogen functional groups attached to an aromatic ring is 1. The molecule has 92 valence electrons. The molecule has 1 aromatic carbocycles. The van der Waals surface area contributed by atoms with Crippen molar-refractivity contribution >= 4 is 11.6 Å². The molecule has 2 rings (SSSR count). The average Bonchev–Trinajstić information content (AvgIpc) is 2.38. The number of hydrogen-bond acceptors (Lipinski definition) is 5. The number of nitrogens with zero attached hydrogens (tertiary/aromatic N) is 1. The summed E-state index contributed by atoms with van der Waals surface area (Å²) in [4.78, 5) is 28.8. The zero-order chi connectivity index (χ0) is 13.1. The fourth-order valence-electron chi connectivity index (χ4n) is 1.49. The van der Waals surface area contributed by atoms with Crippen molar-refractivity contribution in [3.8, 4) is 5.75 Å². The molecule has 0 unspecified atom stereocenters. The molecule has 0 radical (unpaired) electrons. The first-order valence-corrected chi connectivity index (χ1v) is 5.15. The van der Waals surface area contributed by atoms with E-state index in [1.807, 2.05) is 0 Å². The fraction of sp³-hybridized carbons (Fsp3) is 0.0833. The molecule has 0 aliphatic rings. The van der Waals surface area contributed by atoms with E-state index in [-0.39, 0.29) is 17.2 Å². The number of carbonyl (C=O) groups is 1. The molecule has 6 heteroatoms. The van der Waals surface area contributed by atoms with Crippen LogP contribution in [-0.2, 0) is 0 Å². The Bertz CT molecular complexity index is 632. The normalized spacial score (nSPS) is 10.1. The number of nitrogens with two attached hydrogens (primary N) is 1. The molecule has 1 aromatic heterocycles. The molecule has 0 amide bonds. The van der Waals surface area contributed by atoms with Crippen LogP contribution < -0.4 is 16.2 Å². The van der Waals surface area contributed by atoms with Crippen LogP contribution >= 0.6 is 0 Å². The minimum Gasteiger partial charge on any atom is -0.497 e. The first kappa shape index (κ1) is 11.8. The molecule has 6 nitrogen and oxygen atoms in total. The number of hydrogen-bond donors (Lipinski definition) is 2. The molecule has 0 spiro atoms. The van der Waals surface area contributed by atoms with Gasteiger partial charge in [-0.3, -0.25) is 9.78 Å². The number of benzene rings is 1. The summed E-state index contributed by atoms with van der Waals surface area (Å²) in [6.07, 6.45) is 1.17. The van der Waals surface area contributed by atoms with E-state index in [1.54, 1.807) is 31.4 Å². The number of aromatic amines is 1.